The molecule has 1 amide bonds. The number of aryl methyl sites for hydroxylation is 1. The molecule has 130 valence electrons. The van der Waals surface area contributed by atoms with E-state index in [1.54, 1.807) is 6.92 Å². The van der Waals surface area contributed by atoms with Crippen LogP contribution in [0.25, 0.3) is 0 Å². The second-order valence-corrected chi connectivity index (χ2v) is 9.67. The Morgan fingerprint density at radius 3 is 2.22 bits per heavy atom. The van der Waals surface area contributed by atoms with E-state index in [4.69, 9.17) is 16.2 Å². The number of carbonyl (C=O) groups is 1. The number of alkyl halides is 1. The van der Waals surface area contributed by atoms with Gasteiger partial charge in [0.1, 0.15) is 10.1 Å². The van der Waals surface area contributed by atoms with Crippen LogP contribution in [0.4, 0.5) is 5.69 Å². The highest BCUT2D eigenvalue weighted by Gasteiger charge is 2.34. The molecule has 2 atom stereocenters. The number of amides is 1. The van der Waals surface area contributed by atoms with Gasteiger partial charge in [0, 0.05) is 5.69 Å². The summed E-state index contributed by atoms with van der Waals surface area (Å²) in [4.78, 5) is 12.1. The first-order valence-electron chi connectivity index (χ1n) is 6.65. The van der Waals surface area contributed by atoms with Crippen LogP contribution in [-0.4, -0.2) is 37.9 Å². The first-order valence-corrected chi connectivity index (χ1v) is 10.1. The van der Waals surface area contributed by atoms with Gasteiger partial charge in [-0.05, 0) is 44.0 Å². The minimum atomic E-state index is -4.40. The Hall–Kier alpha value is -1.16. The van der Waals surface area contributed by atoms with Crippen LogP contribution < -0.4 is 4.90 Å². The Morgan fingerprint density at radius 2 is 1.87 bits per heavy atom. The van der Waals surface area contributed by atoms with Crippen LogP contribution in [0.5, 0.6) is 0 Å². The fraction of sp³-hybridized carbons (Fsp3) is 0.462. The summed E-state index contributed by atoms with van der Waals surface area (Å²) in [5, 5.41) is -1.18. The molecule has 10 heteroatoms. The van der Waals surface area contributed by atoms with Crippen LogP contribution in [0.1, 0.15) is 25.8 Å². The largest absolute Gasteiger partial charge is 0.297 e. The number of carbonyl (C=O) groups excluding carboxylic acids is 1. The molecule has 1 N–H and O–H groups in total. The summed E-state index contributed by atoms with van der Waals surface area (Å²) in [7, 11) is -8.20. The van der Waals surface area contributed by atoms with E-state index in [1.807, 2.05) is 0 Å². The molecule has 1 aromatic carbocycles. The van der Waals surface area contributed by atoms with E-state index in [2.05, 4.69) is 0 Å². The lowest BCUT2D eigenvalue weighted by molar-refractivity contribution is -0.107. The molecule has 0 aliphatic heterocycles. The monoisotopic (exact) mass is 383 g/mol. The van der Waals surface area contributed by atoms with Crippen LogP contribution in [0.2, 0.25) is 0 Å². The topological polar surface area (TPSA) is 109 Å². The van der Waals surface area contributed by atoms with Gasteiger partial charge in [-0.15, -0.1) is 11.6 Å². The third-order valence-electron chi connectivity index (χ3n) is 3.34. The Morgan fingerprint density at radius 1 is 1.30 bits per heavy atom. The summed E-state index contributed by atoms with van der Waals surface area (Å²) in [5.74, 6) is 0. The minimum Gasteiger partial charge on any atom is -0.297 e. The number of benzene rings is 1. The van der Waals surface area contributed by atoms with Gasteiger partial charge in [-0.25, -0.2) is 8.42 Å². The molecule has 0 spiro atoms. The Kier molecular flexibility index (Phi) is 6.19. The zero-order valence-electron chi connectivity index (χ0n) is 12.8. The van der Waals surface area contributed by atoms with E-state index >= 15 is 0 Å². The first kappa shape index (κ1) is 19.9. The zero-order valence-corrected chi connectivity index (χ0v) is 15.2. The third kappa shape index (κ3) is 4.23. The molecule has 0 aromatic heterocycles. The lowest BCUT2D eigenvalue weighted by Gasteiger charge is -2.28. The van der Waals surface area contributed by atoms with E-state index in [0.717, 1.165) is 11.0 Å². The van der Waals surface area contributed by atoms with Crippen LogP contribution in [0.15, 0.2) is 23.1 Å². The van der Waals surface area contributed by atoms with Crippen molar-refractivity contribution in [3.05, 3.63) is 23.8 Å². The van der Waals surface area contributed by atoms with Gasteiger partial charge in [-0.2, -0.15) is 8.42 Å². The maximum Gasteiger partial charge on any atom is 0.294 e. The van der Waals surface area contributed by atoms with Gasteiger partial charge in [0.2, 0.25) is 6.41 Å². The molecule has 1 rings (SSSR count). The number of halogens is 1. The average Bonchev–Trinajstić information content (AvgIpc) is 2.42. The molecule has 0 saturated carbocycles. The normalized spacial score (nSPS) is 15.0. The van der Waals surface area contributed by atoms with E-state index in [0.29, 0.717) is 6.41 Å². The summed E-state index contributed by atoms with van der Waals surface area (Å²) in [6, 6.07) is 3.68. The van der Waals surface area contributed by atoms with Gasteiger partial charge >= 0.3 is 0 Å². The van der Waals surface area contributed by atoms with Gasteiger partial charge in [0.05, 0.1) is 4.90 Å². The summed E-state index contributed by atoms with van der Waals surface area (Å²) in [6.45, 7) is 4.32. The highest BCUT2D eigenvalue weighted by atomic mass is 35.5. The number of anilines is 1. The molecule has 0 aliphatic rings. The molecular weight excluding hydrogens is 366 g/mol. The average molecular weight is 384 g/mol. The smallest absolute Gasteiger partial charge is 0.294 e. The number of nitrogens with zero attached hydrogens (tertiary/aromatic N) is 1. The van der Waals surface area contributed by atoms with Crippen molar-refractivity contribution in [3.8, 4) is 0 Å². The van der Waals surface area contributed by atoms with Crippen LogP contribution in [-0.2, 0) is 24.7 Å². The first-order chi connectivity index (χ1) is 10.5. The Balaban J connectivity index is 3.41. The molecule has 23 heavy (non-hydrogen) atoms. The van der Waals surface area contributed by atoms with Crippen LogP contribution in [0, 0.1) is 6.92 Å². The highest BCUT2D eigenvalue weighted by molar-refractivity contribution is 7.94. The molecule has 0 saturated heterocycles. The fourth-order valence-electron chi connectivity index (χ4n) is 2.18. The standard InChI is InChI=1S/C13H18ClNO6S2/c1-4-13(22(17,18)10(3)14)15(8-16)11-5-6-12(9(2)7-11)23(19,20)21/h5-8,10,13H,4H2,1-3H3,(H,19,20,21). The molecule has 0 bridgehead atoms. The van der Waals surface area contributed by atoms with Crippen molar-refractivity contribution in [3.63, 3.8) is 0 Å². The maximum absolute atomic E-state index is 12.3. The van der Waals surface area contributed by atoms with Crippen LogP contribution in [0.3, 0.4) is 0 Å². The van der Waals surface area contributed by atoms with Gasteiger partial charge in [0.15, 0.2) is 9.84 Å². The number of sulfone groups is 1. The molecule has 2 unspecified atom stereocenters. The molecular formula is C13H18ClNO6S2. The molecule has 7 nitrogen and oxygen atoms in total. The number of hydrogen-bond donors (Lipinski definition) is 1. The lowest BCUT2D eigenvalue weighted by atomic mass is 10.2. The minimum absolute atomic E-state index is 0.108. The predicted octanol–water partition coefficient (Wildman–Crippen LogP) is 1.94. The molecule has 0 heterocycles. The summed E-state index contributed by atoms with van der Waals surface area (Å²) in [5.41, 5.74) is 0.376. The molecule has 0 radical (unpaired) electrons. The van der Waals surface area contributed by atoms with E-state index in [-0.39, 0.29) is 22.6 Å². The van der Waals surface area contributed by atoms with E-state index in [9.17, 15) is 21.6 Å². The molecule has 0 fully saturated rings. The van der Waals surface area contributed by atoms with Gasteiger partial charge in [-0.3, -0.25) is 14.2 Å². The fourth-order valence-corrected chi connectivity index (χ4v) is 4.63. The van der Waals surface area contributed by atoms with Crippen molar-refractivity contribution in [2.24, 2.45) is 0 Å². The van der Waals surface area contributed by atoms with Crippen molar-refractivity contribution in [1.29, 1.82) is 0 Å². The maximum atomic E-state index is 12.3. The quantitative estimate of drug-likeness (QED) is 0.437. The predicted molar refractivity (Wildman–Crippen MR) is 87.9 cm³/mol. The third-order valence-corrected chi connectivity index (χ3v) is 7.32. The highest BCUT2D eigenvalue weighted by Crippen LogP contribution is 2.27. The van der Waals surface area contributed by atoms with E-state index < -0.39 is 30.0 Å². The summed E-state index contributed by atoms with van der Waals surface area (Å²) in [6.07, 6.45) is 0.462. The number of rotatable bonds is 7. The Bertz CT molecular complexity index is 789. The second kappa shape index (κ2) is 7.16. The van der Waals surface area contributed by atoms with Crippen molar-refractivity contribution >= 4 is 43.7 Å². The molecule has 0 aliphatic carbocycles. The SMILES string of the molecule is CCC(N(C=O)c1ccc(S(=O)(=O)O)c(C)c1)S(=O)(=O)C(C)Cl. The van der Waals surface area contributed by atoms with Crippen molar-refractivity contribution < 1.29 is 26.2 Å². The van der Waals surface area contributed by atoms with Crippen molar-refractivity contribution in [1.82, 2.24) is 0 Å². The van der Waals surface area contributed by atoms with Gasteiger partial charge in [-0.1, -0.05) is 6.92 Å². The van der Waals surface area contributed by atoms with Gasteiger partial charge in [0.25, 0.3) is 10.1 Å². The molecule has 1 aromatic rings. The van der Waals surface area contributed by atoms with Crippen molar-refractivity contribution in [2.45, 2.75) is 42.2 Å². The van der Waals surface area contributed by atoms with Crippen LogP contribution >= 0.6 is 11.6 Å². The summed E-state index contributed by atoms with van der Waals surface area (Å²) >= 11 is 5.70. The lowest BCUT2D eigenvalue weighted by Crippen LogP contribution is -2.42. The Labute approximate surface area is 140 Å². The zero-order chi connectivity index (χ0) is 18.0. The van der Waals surface area contributed by atoms with Crippen molar-refractivity contribution in [2.75, 3.05) is 4.90 Å². The van der Waals surface area contributed by atoms with Gasteiger partial charge < -0.3 is 0 Å². The summed E-state index contributed by atoms with van der Waals surface area (Å²) < 4.78 is 54.9. The second-order valence-electron chi connectivity index (χ2n) is 4.93. The van der Waals surface area contributed by atoms with E-state index in [1.165, 1.54) is 26.0 Å². The number of hydrogen-bond acceptors (Lipinski definition) is 5.